The average molecular weight is 243 g/mol. The molecule has 0 rings (SSSR count). The number of allylic oxidation sites excluding steroid dienone is 4. The van der Waals surface area contributed by atoms with Crippen LogP contribution in [0.1, 0.15) is 6.92 Å². The maximum Gasteiger partial charge on any atom is 0.148 e. The number of halogens is 1. The van der Waals surface area contributed by atoms with Gasteiger partial charge >= 0.3 is 0 Å². The summed E-state index contributed by atoms with van der Waals surface area (Å²) in [6, 6.07) is 0. The van der Waals surface area contributed by atoms with E-state index in [4.69, 9.17) is 4.74 Å². The molecule has 0 fully saturated rings. The molecule has 0 radical (unpaired) electrons. The predicted molar refractivity (Wildman–Crippen MR) is 57.3 cm³/mol. The zero-order chi connectivity index (χ0) is 10.1. The van der Waals surface area contributed by atoms with E-state index in [1.165, 1.54) is 6.26 Å². The lowest BCUT2D eigenvalue weighted by atomic mass is 10.4. The zero-order valence-electron chi connectivity index (χ0n) is 7.37. The van der Waals surface area contributed by atoms with Crippen LogP contribution in [0.4, 0.5) is 0 Å². The highest BCUT2D eigenvalue weighted by Gasteiger charge is 1.86. The Kier molecular flexibility index (Phi) is 6.92. The molecular weight excluding hydrogens is 232 g/mol. The molecule has 0 spiro atoms. The van der Waals surface area contributed by atoms with Crippen LogP contribution in [-0.2, 0) is 9.53 Å². The third-order valence-electron chi connectivity index (χ3n) is 1.05. The van der Waals surface area contributed by atoms with Gasteiger partial charge in [-0.1, -0.05) is 34.7 Å². The van der Waals surface area contributed by atoms with Crippen molar-refractivity contribution in [3.63, 3.8) is 0 Å². The first-order valence-electron chi connectivity index (χ1n) is 3.61. The van der Waals surface area contributed by atoms with Crippen molar-refractivity contribution in [2.75, 3.05) is 0 Å². The van der Waals surface area contributed by atoms with E-state index in [1.807, 2.05) is 0 Å². The van der Waals surface area contributed by atoms with Crippen molar-refractivity contribution in [1.82, 2.24) is 0 Å². The van der Waals surface area contributed by atoms with Gasteiger partial charge in [-0.2, -0.15) is 0 Å². The van der Waals surface area contributed by atoms with Crippen LogP contribution < -0.4 is 0 Å². The summed E-state index contributed by atoms with van der Waals surface area (Å²) in [5.74, 6) is 0.479. The summed E-state index contributed by atoms with van der Waals surface area (Å²) < 4.78 is 5.02. The van der Waals surface area contributed by atoms with Crippen LogP contribution in [-0.4, -0.2) is 6.29 Å². The maximum absolute atomic E-state index is 10.2. The van der Waals surface area contributed by atoms with Crippen molar-refractivity contribution in [3.05, 3.63) is 47.4 Å². The fourth-order valence-electron chi connectivity index (χ4n) is 0.441. The first-order valence-corrected chi connectivity index (χ1v) is 4.53. The van der Waals surface area contributed by atoms with Gasteiger partial charge in [-0.15, -0.1) is 0 Å². The molecular formula is C10H11BrO2. The Hall–Kier alpha value is -1.09. The van der Waals surface area contributed by atoms with Crippen LogP contribution in [0, 0.1) is 0 Å². The van der Waals surface area contributed by atoms with Gasteiger partial charge in [0.2, 0.25) is 0 Å². The molecule has 0 aromatic rings. The molecule has 0 aromatic heterocycles. The second-order valence-electron chi connectivity index (χ2n) is 2.24. The highest BCUT2D eigenvalue weighted by Crippen LogP contribution is 1.99. The van der Waals surface area contributed by atoms with E-state index in [0.717, 1.165) is 6.29 Å². The number of ether oxygens (including phenoxy) is 1. The van der Waals surface area contributed by atoms with Crippen molar-refractivity contribution in [1.29, 1.82) is 0 Å². The highest BCUT2D eigenvalue weighted by atomic mass is 79.9. The van der Waals surface area contributed by atoms with Crippen LogP contribution >= 0.6 is 15.9 Å². The summed E-state index contributed by atoms with van der Waals surface area (Å²) in [7, 11) is 0. The number of carbonyl (C=O) groups excluding carboxylic acids is 1. The minimum Gasteiger partial charge on any atom is -0.465 e. The fraction of sp³-hybridized carbons (Fsp3) is 0.100. The van der Waals surface area contributed by atoms with Crippen molar-refractivity contribution in [3.8, 4) is 0 Å². The zero-order valence-corrected chi connectivity index (χ0v) is 8.95. The number of rotatable bonds is 5. The van der Waals surface area contributed by atoms with Gasteiger partial charge in [0.05, 0.1) is 6.26 Å². The molecule has 0 amide bonds. The first-order chi connectivity index (χ1) is 6.20. The third-order valence-corrected chi connectivity index (χ3v) is 1.35. The van der Waals surface area contributed by atoms with Gasteiger partial charge in [-0.05, 0) is 18.0 Å². The van der Waals surface area contributed by atoms with E-state index >= 15 is 0 Å². The van der Waals surface area contributed by atoms with E-state index in [0.29, 0.717) is 11.3 Å². The Morgan fingerprint density at radius 1 is 1.46 bits per heavy atom. The number of carbonyl (C=O) groups is 1. The van der Waals surface area contributed by atoms with Crippen LogP contribution in [0.25, 0.3) is 0 Å². The molecule has 3 heteroatoms. The molecule has 2 nitrogen and oxygen atoms in total. The van der Waals surface area contributed by atoms with E-state index in [2.05, 4.69) is 22.5 Å². The standard InChI is InChI=1S/C10H11BrO2/c1-9(7-12)8-13-10(2)5-3-4-6-11/h3-8H,2H2,1H3. The largest absolute Gasteiger partial charge is 0.465 e. The SMILES string of the molecule is C=C(C=CC=CBr)OC=C(C)C=O. The lowest BCUT2D eigenvalue weighted by Gasteiger charge is -1.97. The summed E-state index contributed by atoms with van der Waals surface area (Å²) in [4.78, 5) is 11.9. The predicted octanol–water partition coefficient (Wildman–Crippen LogP) is 3.08. The molecule has 0 saturated heterocycles. The molecule has 0 aliphatic heterocycles. The van der Waals surface area contributed by atoms with Gasteiger partial charge in [0.1, 0.15) is 12.0 Å². The van der Waals surface area contributed by atoms with E-state index in [1.54, 1.807) is 30.1 Å². The number of hydrogen-bond donors (Lipinski definition) is 0. The van der Waals surface area contributed by atoms with Gasteiger partial charge in [0.25, 0.3) is 0 Å². The second kappa shape index (κ2) is 7.55. The Labute approximate surface area is 86.4 Å². The third kappa shape index (κ3) is 7.28. The number of hydrogen-bond acceptors (Lipinski definition) is 2. The van der Waals surface area contributed by atoms with E-state index in [9.17, 15) is 4.79 Å². The van der Waals surface area contributed by atoms with Crippen LogP contribution in [0.15, 0.2) is 47.4 Å². The van der Waals surface area contributed by atoms with Crippen LogP contribution in [0.3, 0.4) is 0 Å². The van der Waals surface area contributed by atoms with Gasteiger partial charge in [0, 0.05) is 5.57 Å². The molecule has 70 valence electrons. The summed E-state index contributed by atoms with van der Waals surface area (Å²) in [5, 5.41) is 0. The van der Waals surface area contributed by atoms with Gasteiger partial charge in [-0.3, -0.25) is 4.79 Å². The minimum atomic E-state index is 0.479. The van der Waals surface area contributed by atoms with Crippen LogP contribution in [0.2, 0.25) is 0 Å². The topological polar surface area (TPSA) is 26.3 Å². The molecule has 0 atom stereocenters. The van der Waals surface area contributed by atoms with Gasteiger partial charge in [-0.25, -0.2) is 0 Å². The highest BCUT2D eigenvalue weighted by molar-refractivity contribution is 9.11. The number of aldehydes is 1. The molecule has 0 aromatic carbocycles. The normalized spacial score (nSPS) is 12.3. The van der Waals surface area contributed by atoms with Crippen molar-refractivity contribution >= 4 is 22.2 Å². The molecule has 0 saturated carbocycles. The van der Waals surface area contributed by atoms with Crippen molar-refractivity contribution < 1.29 is 9.53 Å². The summed E-state index contributed by atoms with van der Waals surface area (Å²) in [5.41, 5.74) is 0.519. The van der Waals surface area contributed by atoms with Crippen LogP contribution in [0.5, 0.6) is 0 Å². The maximum atomic E-state index is 10.2. The lowest BCUT2D eigenvalue weighted by molar-refractivity contribution is -0.105. The summed E-state index contributed by atoms with van der Waals surface area (Å²) in [6.45, 7) is 5.27. The molecule has 0 bridgehead atoms. The molecule has 0 unspecified atom stereocenters. The molecule has 13 heavy (non-hydrogen) atoms. The van der Waals surface area contributed by atoms with Gasteiger partial charge < -0.3 is 4.74 Å². The second-order valence-corrected chi connectivity index (χ2v) is 2.77. The van der Waals surface area contributed by atoms with Crippen molar-refractivity contribution in [2.45, 2.75) is 6.92 Å². The smallest absolute Gasteiger partial charge is 0.148 e. The molecule has 0 N–H and O–H groups in total. The quantitative estimate of drug-likeness (QED) is 0.321. The van der Waals surface area contributed by atoms with Crippen molar-refractivity contribution in [2.24, 2.45) is 0 Å². The van der Waals surface area contributed by atoms with E-state index in [-0.39, 0.29) is 0 Å². The van der Waals surface area contributed by atoms with E-state index < -0.39 is 0 Å². The fourth-order valence-corrected chi connectivity index (χ4v) is 0.617. The minimum absolute atomic E-state index is 0.479. The Balaban J connectivity index is 3.95. The summed E-state index contributed by atoms with van der Waals surface area (Å²) in [6.07, 6.45) is 7.31. The average Bonchev–Trinajstić information content (AvgIpc) is 2.14. The Morgan fingerprint density at radius 3 is 2.69 bits per heavy atom. The summed E-state index contributed by atoms with van der Waals surface area (Å²) >= 11 is 3.11. The monoisotopic (exact) mass is 242 g/mol. The Bertz CT molecular complexity index is 262. The molecule has 0 aliphatic rings. The first kappa shape index (κ1) is 11.9. The molecule has 0 aliphatic carbocycles. The molecule has 0 heterocycles. The van der Waals surface area contributed by atoms with Gasteiger partial charge in [0.15, 0.2) is 0 Å². The lowest BCUT2D eigenvalue weighted by Crippen LogP contribution is -1.81. The Morgan fingerprint density at radius 2 is 2.15 bits per heavy atom.